The zero-order valence-corrected chi connectivity index (χ0v) is 12.4. The number of rotatable bonds is 5. The van der Waals surface area contributed by atoms with Gasteiger partial charge in [-0.05, 0) is 45.2 Å². The van der Waals surface area contributed by atoms with E-state index in [1.54, 1.807) is 0 Å². The minimum Gasteiger partial charge on any atom is -0.384 e. The molecule has 1 unspecified atom stereocenters. The minimum atomic E-state index is -0.822. The molecule has 18 heavy (non-hydrogen) atoms. The van der Waals surface area contributed by atoms with Gasteiger partial charge < -0.3 is 10.4 Å². The highest BCUT2D eigenvalue weighted by molar-refractivity contribution is 5.28. The maximum Gasteiger partial charge on any atom is 0.0992 e. The molecule has 0 radical (unpaired) electrons. The topological polar surface area (TPSA) is 32.3 Å². The third-order valence-electron chi connectivity index (χ3n) is 3.05. The average Bonchev–Trinajstić information content (AvgIpc) is 2.27. The first-order valence-corrected chi connectivity index (χ1v) is 6.81. The van der Waals surface area contributed by atoms with E-state index in [1.165, 1.54) is 5.56 Å². The van der Waals surface area contributed by atoms with E-state index in [2.05, 4.69) is 45.1 Å². The SMILES string of the molecule is CCCc1cccc(C(C)(O)CNC(C)(C)C)c1. The zero-order chi connectivity index (χ0) is 13.8. The number of benzene rings is 1. The van der Waals surface area contributed by atoms with E-state index in [4.69, 9.17) is 0 Å². The van der Waals surface area contributed by atoms with Crippen LogP contribution in [0.3, 0.4) is 0 Å². The van der Waals surface area contributed by atoms with Crippen molar-refractivity contribution in [1.29, 1.82) is 0 Å². The lowest BCUT2D eigenvalue weighted by Crippen LogP contribution is -2.44. The molecule has 0 aromatic heterocycles. The molecule has 102 valence electrons. The van der Waals surface area contributed by atoms with Crippen LogP contribution < -0.4 is 5.32 Å². The molecule has 0 spiro atoms. The van der Waals surface area contributed by atoms with Crippen LogP contribution in [-0.2, 0) is 12.0 Å². The van der Waals surface area contributed by atoms with Crippen molar-refractivity contribution in [3.8, 4) is 0 Å². The van der Waals surface area contributed by atoms with Crippen molar-refractivity contribution in [2.24, 2.45) is 0 Å². The molecule has 0 aliphatic rings. The minimum absolute atomic E-state index is 0.0189. The van der Waals surface area contributed by atoms with Crippen LogP contribution in [0.5, 0.6) is 0 Å². The highest BCUT2D eigenvalue weighted by atomic mass is 16.3. The third kappa shape index (κ3) is 4.79. The zero-order valence-electron chi connectivity index (χ0n) is 12.4. The molecule has 0 amide bonds. The van der Waals surface area contributed by atoms with E-state index < -0.39 is 5.60 Å². The van der Waals surface area contributed by atoms with E-state index >= 15 is 0 Å². The van der Waals surface area contributed by atoms with Gasteiger partial charge in [0.15, 0.2) is 0 Å². The van der Waals surface area contributed by atoms with Gasteiger partial charge in [0.2, 0.25) is 0 Å². The first-order valence-electron chi connectivity index (χ1n) is 6.81. The van der Waals surface area contributed by atoms with Crippen LogP contribution in [0, 0.1) is 0 Å². The first kappa shape index (κ1) is 15.2. The van der Waals surface area contributed by atoms with Crippen LogP contribution in [0.15, 0.2) is 24.3 Å². The van der Waals surface area contributed by atoms with E-state index in [-0.39, 0.29) is 5.54 Å². The Morgan fingerprint density at radius 1 is 1.17 bits per heavy atom. The number of hydrogen-bond acceptors (Lipinski definition) is 2. The van der Waals surface area contributed by atoms with Gasteiger partial charge in [0.1, 0.15) is 0 Å². The van der Waals surface area contributed by atoms with Crippen LogP contribution in [0.25, 0.3) is 0 Å². The molecular weight excluding hydrogens is 222 g/mol. The van der Waals surface area contributed by atoms with Gasteiger partial charge in [0, 0.05) is 12.1 Å². The molecule has 0 saturated carbocycles. The molecule has 2 heteroatoms. The van der Waals surface area contributed by atoms with Crippen molar-refractivity contribution in [3.05, 3.63) is 35.4 Å². The second kappa shape index (κ2) is 5.85. The van der Waals surface area contributed by atoms with Crippen molar-refractivity contribution < 1.29 is 5.11 Å². The Bertz CT molecular complexity index is 377. The van der Waals surface area contributed by atoms with Crippen LogP contribution in [0.1, 0.15) is 52.2 Å². The fourth-order valence-corrected chi connectivity index (χ4v) is 1.89. The predicted molar refractivity (Wildman–Crippen MR) is 77.8 cm³/mol. The Morgan fingerprint density at radius 3 is 2.39 bits per heavy atom. The molecule has 1 rings (SSSR count). The Labute approximate surface area is 111 Å². The van der Waals surface area contributed by atoms with E-state index in [0.29, 0.717) is 6.54 Å². The summed E-state index contributed by atoms with van der Waals surface area (Å²) in [6.45, 7) is 10.9. The lowest BCUT2D eigenvalue weighted by atomic mass is 9.92. The quantitative estimate of drug-likeness (QED) is 0.839. The number of β-amino-alcohol motifs (C(OH)–C–C–N with tert-alkyl or cyclic N) is 1. The Balaban J connectivity index is 2.80. The number of aliphatic hydroxyl groups is 1. The molecule has 0 saturated heterocycles. The summed E-state index contributed by atoms with van der Waals surface area (Å²) >= 11 is 0. The fourth-order valence-electron chi connectivity index (χ4n) is 1.89. The Hall–Kier alpha value is -0.860. The summed E-state index contributed by atoms with van der Waals surface area (Å²) < 4.78 is 0. The van der Waals surface area contributed by atoms with Gasteiger partial charge in [-0.2, -0.15) is 0 Å². The van der Waals surface area contributed by atoms with Crippen LogP contribution in [-0.4, -0.2) is 17.2 Å². The molecular formula is C16H27NO. The van der Waals surface area contributed by atoms with Crippen molar-refractivity contribution in [3.63, 3.8) is 0 Å². The summed E-state index contributed by atoms with van der Waals surface area (Å²) in [6, 6.07) is 8.28. The largest absolute Gasteiger partial charge is 0.384 e. The summed E-state index contributed by atoms with van der Waals surface area (Å²) in [5.74, 6) is 0. The van der Waals surface area contributed by atoms with Crippen LogP contribution >= 0.6 is 0 Å². The lowest BCUT2D eigenvalue weighted by molar-refractivity contribution is 0.0501. The molecule has 2 N–H and O–H groups in total. The summed E-state index contributed by atoms with van der Waals surface area (Å²) in [7, 11) is 0. The van der Waals surface area contributed by atoms with Crippen molar-refractivity contribution in [2.45, 2.75) is 58.6 Å². The number of hydrogen-bond donors (Lipinski definition) is 2. The molecule has 0 fully saturated rings. The van der Waals surface area contributed by atoms with Crippen molar-refractivity contribution >= 4 is 0 Å². The first-order chi connectivity index (χ1) is 8.24. The van der Waals surface area contributed by atoms with E-state index in [0.717, 1.165) is 18.4 Å². The Morgan fingerprint density at radius 2 is 1.83 bits per heavy atom. The molecule has 1 aromatic carbocycles. The van der Waals surface area contributed by atoms with Gasteiger partial charge in [-0.1, -0.05) is 37.6 Å². The lowest BCUT2D eigenvalue weighted by Gasteiger charge is -2.30. The highest BCUT2D eigenvalue weighted by Crippen LogP contribution is 2.22. The van der Waals surface area contributed by atoms with Crippen LogP contribution in [0.4, 0.5) is 0 Å². The maximum absolute atomic E-state index is 10.6. The second-order valence-corrected chi connectivity index (χ2v) is 6.33. The molecule has 0 heterocycles. The van der Waals surface area contributed by atoms with Gasteiger partial charge in [-0.15, -0.1) is 0 Å². The summed E-state index contributed by atoms with van der Waals surface area (Å²) in [4.78, 5) is 0. The summed E-state index contributed by atoms with van der Waals surface area (Å²) in [6.07, 6.45) is 2.20. The molecule has 0 aliphatic heterocycles. The normalized spacial score (nSPS) is 15.4. The molecule has 1 aromatic rings. The second-order valence-electron chi connectivity index (χ2n) is 6.33. The van der Waals surface area contributed by atoms with Gasteiger partial charge in [0.05, 0.1) is 5.60 Å². The Kier molecular flexibility index (Phi) is 4.94. The number of nitrogens with one attached hydrogen (secondary N) is 1. The average molecular weight is 249 g/mol. The van der Waals surface area contributed by atoms with Gasteiger partial charge in [0.25, 0.3) is 0 Å². The van der Waals surface area contributed by atoms with Gasteiger partial charge in [-0.3, -0.25) is 0 Å². The summed E-state index contributed by atoms with van der Waals surface area (Å²) in [5.41, 5.74) is 1.48. The standard InChI is InChI=1S/C16H27NO/c1-6-8-13-9-7-10-14(11-13)16(5,18)12-17-15(2,3)4/h7,9-11,17-18H,6,8,12H2,1-5H3. The van der Waals surface area contributed by atoms with Crippen molar-refractivity contribution in [1.82, 2.24) is 5.32 Å². The molecule has 2 nitrogen and oxygen atoms in total. The summed E-state index contributed by atoms with van der Waals surface area (Å²) in [5, 5.41) is 13.9. The molecule has 0 aliphatic carbocycles. The van der Waals surface area contributed by atoms with Crippen molar-refractivity contribution in [2.75, 3.05) is 6.54 Å². The fraction of sp³-hybridized carbons (Fsp3) is 0.625. The van der Waals surface area contributed by atoms with Gasteiger partial charge in [-0.25, -0.2) is 0 Å². The van der Waals surface area contributed by atoms with Crippen LogP contribution in [0.2, 0.25) is 0 Å². The smallest absolute Gasteiger partial charge is 0.0992 e. The monoisotopic (exact) mass is 249 g/mol. The third-order valence-corrected chi connectivity index (χ3v) is 3.05. The van der Waals surface area contributed by atoms with E-state index in [9.17, 15) is 5.11 Å². The maximum atomic E-state index is 10.6. The highest BCUT2D eigenvalue weighted by Gasteiger charge is 2.25. The predicted octanol–water partition coefficient (Wildman–Crippen LogP) is 3.23. The molecule has 1 atom stereocenters. The number of aryl methyl sites for hydroxylation is 1. The molecule has 0 bridgehead atoms. The van der Waals surface area contributed by atoms with E-state index in [1.807, 2.05) is 19.1 Å². The van der Waals surface area contributed by atoms with Gasteiger partial charge >= 0.3 is 0 Å².